The fourth-order valence-electron chi connectivity index (χ4n) is 3.53. The zero-order valence-electron chi connectivity index (χ0n) is 16.9. The summed E-state index contributed by atoms with van der Waals surface area (Å²) in [5, 5.41) is -0.404. The molecule has 4 nitrogen and oxygen atoms in total. The molecule has 0 bridgehead atoms. The average molecular weight is 457 g/mol. The number of halogens is 4. The first kappa shape index (κ1) is 22.0. The van der Waals surface area contributed by atoms with Gasteiger partial charge in [-0.25, -0.2) is 4.98 Å². The van der Waals surface area contributed by atoms with Gasteiger partial charge in [-0.2, -0.15) is 13.2 Å². The van der Waals surface area contributed by atoms with Crippen molar-refractivity contribution in [3.8, 4) is 5.69 Å². The second kappa shape index (κ2) is 8.74. The lowest BCUT2D eigenvalue weighted by Crippen LogP contribution is -2.07. The zero-order chi connectivity index (χ0) is 22.9. The maximum atomic E-state index is 13.4. The highest BCUT2D eigenvalue weighted by atomic mass is 35.5. The lowest BCUT2D eigenvalue weighted by atomic mass is 10.1. The molecule has 2 heterocycles. The summed E-state index contributed by atoms with van der Waals surface area (Å²) >= 11 is 5.98. The molecular formula is C24H18ClF3N3O. The van der Waals surface area contributed by atoms with Crippen molar-refractivity contribution in [3.63, 3.8) is 0 Å². The molecule has 2 aromatic carbocycles. The first-order valence-corrected chi connectivity index (χ1v) is 10.3. The Bertz CT molecular complexity index is 1270. The van der Waals surface area contributed by atoms with Crippen molar-refractivity contribution >= 4 is 28.4 Å². The topological polar surface area (TPSA) is 47.8 Å². The quantitative estimate of drug-likeness (QED) is 0.320. The number of Topliss-reactive ketones (excluding diaryl/α,β-unsaturated/α-hetero) is 1. The molecule has 2 aromatic heterocycles. The Hall–Kier alpha value is -3.19. The summed E-state index contributed by atoms with van der Waals surface area (Å²) in [6, 6.07) is 13.0. The van der Waals surface area contributed by atoms with Crippen LogP contribution in [0.4, 0.5) is 13.2 Å². The molecule has 0 amide bonds. The number of rotatable bonds is 6. The second-order valence-corrected chi connectivity index (χ2v) is 7.67. The SMILES string of the molecule is [CH2]Cc1ccc(-n2c(CCC(=O)c3cccnc3)nc3cc(C(F)(F)F)c(Cl)cc32)cc1. The van der Waals surface area contributed by atoms with E-state index in [9.17, 15) is 18.0 Å². The maximum absolute atomic E-state index is 13.4. The summed E-state index contributed by atoms with van der Waals surface area (Å²) in [5.41, 5.74) is 1.85. The van der Waals surface area contributed by atoms with E-state index in [0.717, 1.165) is 11.6 Å². The number of ketones is 1. The smallest absolute Gasteiger partial charge is 0.296 e. The molecule has 1 radical (unpaired) electrons. The van der Waals surface area contributed by atoms with Crippen molar-refractivity contribution in [2.75, 3.05) is 0 Å². The number of alkyl halides is 3. The van der Waals surface area contributed by atoms with Crippen molar-refractivity contribution in [3.05, 3.63) is 95.4 Å². The van der Waals surface area contributed by atoms with E-state index in [2.05, 4.69) is 16.9 Å². The molecule has 0 atom stereocenters. The molecule has 0 aliphatic carbocycles. The van der Waals surface area contributed by atoms with Gasteiger partial charge < -0.3 is 0 Å². The fraction of sp³-hybridized carbons (Fsp3) is 0.167. The standard InChI is InChI=1S/C24H18ClF3N3O/c1-2-15-5-7-17(8-6-15)31-21-13-19(25)18(24(26,27)28)12-20(21)30-23(31)10-9-22(32)16-4-3-11-29-14-16/h3-8,11-14H,1-2,9-10H2. The van der Waals surface area contributed by atoms with Crippen LogP contribution in [0.3, 0.4) is 0 Å². The van der Waals surface area contributed by atoms with E-state index >= 15 is 0 Å². The van der Waals surface area contributed by atoms with Crippen molar-refractivity contribution < 1.29 is 18.0 Å². The molecule has 0 N–H and O–H groups in total. The van der Waals surface area contributed by atoms with Gasteiger partial charge in [-0.3, -0.25) is 14.3 Å². The highest BCUT2D eigenvalue weighted by Gasteiger charge is 2.34. The number of nitrogens with zero attached hydrogens (tertiary/aromatic N) is 3. The minimum atomic E-state index is -4.60. The molecule has 0 spiro atoms. The predicted molar refractivity (Wildman–Crippen MR) is 117 cm³/mol. The van der Waals surface area contributed by atoms with Gasteiger partial charge in [0.15, 0.2) is 5.78 Å². The van der Waals surface area contributed by atoms with Gasteiger partial charge in [-0.15, -0.1) is 0 Å². The molecule has 0 fully saturated rings. The largest absolute Gasteiger partial charge is 0.417 e. The van der Waals surface area contributed by atoms with E-state index in [1.54, 1.807) is 22.9 Å². The minimum Gasteiger partial charge on any atom is -0.296 e. The second-order valence-electron chi connectivity index (χ2n) is 7.26. The van der Waals surface area contributed by atoms with Crippen LogP contribution in [-0.4, -0.2) is 20.3 Å². The number of aryl methyl sites for hydroxylation is 1. The molecule has 0 unspecified atom stereocenters. The van der Waals surface area contributed by atoms with Gasteiger partial charge in [-0.1, -0.05) is 23.7 Å². The van der Waals surface area contributed by atoms with Crippen molar-refractivity contribution in [1.82, 2.24) is 14.5 Å². The van der Waals surface area contributed by atoms with Gasteiger partial charge >= 0.3 is 6.18 Å². The van der Waals surface area contributed by atoms with Crippen LogP contribution in [-0.2, 0) is 19.0 Å². The van der Waals surface area contributed by atoms with Crippen LogP contribution < -0.4 is 0 Å². The Labute approximate surface area is 187 Å². The third-order valence-electron chi connectivity index (χ3n) is 5.16. The highest BCUT2D eigenvalue weighted by Crippen LogP contribution is 2.38. The lowest BCUT2D eigenvalue weighted by molar-refractivity contribution is -0.137. The number of carbonyl (C=O) groups is 1. The van der Waals surface area contributed by atoms with Crippen LogP contribution in [0.5, 0.6) is 0 Å². The lowest BCUT2D eigenvalue weighted by Gasteiger charge is -2.12. The Balaban J connectivity index is 1.79. The third kappa shape index (κ3) is 4.39. The molecule has 0 aliphatic rings. The molecule has 163 valence electrons. The minimum absolute atomic E-state index is 0.127. The van der Waals surface area contributed by atoms with Crippen LogP contribution >= 0.6 is 11.6 Å². The Morgan fingerprint density at radius 3 is 2.50 bits per heavy atom. The number of benzene rings is 2. The van der Waals surface area contributed by atoms with E-state index < -0.39 is 16.8 Å². The normalized spacial score (nSPS) is 11.8. The molecule has 8 heteroatoms. The van der Waals surface area contributed by atoms with Crippen LogP contribution in [0, 0.1) is 6.92 Å². The highest BCUT2D eigenvalue weighted by molar-refractivity contribution is 6.32. The molecule has 32 heavy (non-hydrogen) atoms. The first-order valence-electron chi connectivity index (χ1n) is 9.88. The summed E-state index contributed by atoms with van der Waals surface area (Å²) in [5.74, 6) is 0.341. The first-order chi connectivity index (χ1) is 15.3. The van der Waals surface area contributed by atoms with Crippen molar-refractivity contribution in [2.45, 2.75) is 25.4 Å². The fourth-order valence-corrected chi connectivity index (χ4v) is 3.80. The van der Waals surface area contributed by atoms with Gasteiger partial charge in [-0.05, 0) is 55.3 Å². The van der Waals surface area contributed by atoms with Gasteiger partial charge in [0.1, 0.15) is 5.82 Å². The van der Waals surface area contributed by atoms with E-state index in [4.69, 9.17) is 11.6 Å². The molecular weight excluding hydrogens is 439 g/mol. The van der Waals surface area contributed by atoms with Crippen LogP contribution in [0.15, 0.2) is 60.9 Å². The summed E-state index contributed by atoms with van der Waals surface area (Å²) in [4.78, 5) is 20.9. The Morgan fingerprint density at radius 1 is 1.12 bits per heavy atom. The van der Waals surface area contributed by atoms with E-state index in [-0.39, 0.29) is 24.1 Å². The van der Waals surface area contributed by atoms with Crippen molar-refractivity contribution in [2.24, 2.45) is 0 Å². The summed E-state index contributed by atoms with van der Waals surface area (Å²) < 4.78 is 41.8. The number of imidazole rings is 1. The van der Waals surface area contributed by atoms with Crippen molar-refractivity contribution in [1.29, 1.82) is 0 Å². The van der Waals surface area contributed by atoms with Gasteiger partial charge in [0.2, 0.25) is 0 Å². The van der Waals surface area contributed by atoms with Crippen LogP contribution in [0.2, 0.25) is 5.02 Å². The number of aromatic nitrogens is 3. The molecule has 0 saturated heterocycles. The number of hydrogen-bond donors (Lipinski definition) is 0. The average Bonchev–Trinajstić information content (AvgIpc) is 3.14. The molecule has 4 aromatic rings. The summed E-state index contributed by atoms with van der Waals surface area (Å²) in [6.45, 7) is 3.85. The molecule has 0 aliphatic heterocycles. The van der Waals surface area contributed by atoms with E-state index in [1.165, 1.54) is 12.3 Å². The number of hydrogen-bond acceptors (Lipinski definition) is 3. The van der Waals surface area contributed by atoms with Crippen LogP contribution in [0.25, 0.3) is 16.7 Å². The van der Waals surface area contributed by atoms with E-state index in [1.807, 2.05) is 24.3 Å². The van der Waals surface area contributed by atoms with E-state index in [0.29, 0.717) is 29.0 Å². The van der Waals surface area contributed by atoms with Gasteiger partial charge in [0, 0.05) is 36.5 Å². The number of pyridine rings is 1. The van der Waals surface area contributed by atoms with Gasteiger partial charge in [0.05, 0.1) is 21.6 Å². The third-order valence-corrected chi connectivity index (χ3v) is 5.47. The Kier molecular flexibility index (Phi) is 6.02. The molecule has 0 saturated carbocycles. The predicted octanol–water partition coefficient (Wildman–Crippen LogP) is 6.28. The molecule has 4 rings (SSSR count). The zero-order valence-corrected chi connectivity index (χ0v) is 17.6. The van der Waals surface area contributed by atoms with Gasteiger partial charge in [0.25, 0.3) is 0 Å². The summed E-state index contributed by atoms with van der Waals surface area (Å²) in [7, 11) is 0. The maximum Gasteiger partial charge on any atom is 0.417 e. The number of carbonyl (C=O) groups excluding carboxylic acids is 1. The van der Waals surface area contributed by atoms with Crippen LogP contribution in [0.1, 0.15) is 33.7 Å². The Morgan fingerprint density at radius 2 is 1.88 bits per heavy atom. The summed E-state index contributed by atoms with van der Waals surface area (Å²) in [6.07, 6.45) is -0.560. The monoisotopic (exact) mass is 456 g/mol. The number of fused-ring (bicyclic) bond motifs is 1.